The molecular formula is C26H50ClNO3. The van der Waals surface area contributed by atoms with Gasteiger partial charge >= 0.3 is 5.97 Å². The van der Waals surface area contributed by atoms with E-state index in [0.29, 0.717) is 19.1 Å². The number of carbonyl (C=O) groups is 1. The van der Waals surface area contributed by atoms with Gasteiger partial charge in [0.15, 0.2) is 0 Å². The second-order valence-corrected chi connectivity index (χ2v) is 9.13. The van der Waals surface area contributed by atoms with Crippen LogP contribution in [-0.4, -0.2) is 50.9 Å². The maximum Gasteiger partial charge on any atom is 0.311 e. The highest BCUT2D eigenvalue weighted by atomic mass is 35.5. The lowest BCUT2D eigenvalue weighted by Crippen LogP contribution is -3.00. The number of hydrogen-bond acceptors (Lipinski definition) is 3. The lowest BCUT2D eigenvalue weighted by Gasteiger charge is -2.29. The maximum absolute atomic E-state index is 12.2. The van der Waals surface area contributed by atoms with Crippen LogP contribution in [0.15, 0.2) is 24.3 Å². The van der Waals surface area contributed by atoms with Gasteiger partial charge in [0.05, 0.1) is 32.2 Å². The number of benzene rings is 1. The molecule has 0 aliphatic carbocycles. The highest BCUT2D eigenvalue weighted by molar-refractivity contribution is 5.75. The van der Waals surface area contributed by atoms with Gasteiger partial charge < -0.3 is 26.4 Å². The Labute approximate surface area is 199 Å². The minimum atomic E-state index is -0.462. The minimum absolute atomic E-state index is 0. The molecule has 1 aromatic rings. The van der Waals surface area contributed by atoms with Crippen molar-refractivity contribution in [1.29, 1.82) is 0 Å². The van der Waals surface area contributed by atoms with Crippen molar-refractivity contribution >= 4 is 5.97 Å². The van der Waals surface area contributed by atoms with Crippen LogP contribution in [0, 0.1) is 5.41 Å². The molecule has 1 heterocycles. The van der Waals surface area contributed by atoms with Crippen LogP contribution in [0.3, 0.4) is 0 Å². The lowest BCUT2D eigenvalue weighted by molar-refractivity contribution is -0.910. The molecule has 1 aliphatic heterocycles. The molecule has 0 radical (unpaired) electrons. The normalized spacial score (nSPS) is 15.4. The largest absolute Gasteiger partial charge is 1.00 e. The van der Waals surface area contributed by atoms with Gasteiger partial charge in [-0.25, -0.2) is 0 Å². The van der Waals surface area contributed by atoms with E-state index in [1.807, 2.05) is 13.8 Å². The van der Waals surface area contributed by atoms with Crippen molar-refractivity contribution in [2.45, 2.75) is 81.2 Å². The van der Waals surface area contributed by atoms with Crippen molar-refractivity contribution in [3.63, 3.8) is 0 Å². The van der Waals surface area contributed by atoms with Crippen LogP contribution in [0.4, 0.5) is 0 Å². The Hall–Kier alpha value is -1.10. The summed E-state index contributed by atoms with van der Waals surface area (Å²) in [5, 5.41) is 0. The van der Waals surface area contributed by atoms with Crippen LogP contribution < -0.4 is 12.4 Å². The van der Waals surface area contributed by atoms with E-state index in [1.165, 1.54) is 41.5 Å². The zero-order valence-electron chi connectivity index (χ0n) is 18.3. The van der Waals surface area contributed by atoms with E-state index in [9.17, 15) is 4.79 Å². The van der Waals surface area contributed by atoms with Gasteiger partial charge in [-0.2, -0.15) is 0 Å². The van der Waals surface area contributed by atoms with Gasteiger partial charge in [-0.1, -0.05) is 53.5 Å². The minimum Gasteiger partial charge on any atom is -1.00 e. The Morgan fingerprint density at radius 1 is 1.06 bits per heavy atom. The van der Waals surface area contributed by atoms with Crippen molar-refractivity contribution in [3.8, 4) is 0 Å². The summed E-state index contributed by atoms with van der Waals surface area (Å²) in [6, 6.07) is 9.12. The summed E-state index contributed by atoms with van der Waals surface area (Å²) in [6.45, 7) is 10.7. The molecule has 1 atom stereocenters. The van der Waals surface area contributed by atoms with Gasteiger partial charge in [-0.15, -0.1) is 0 Å². The summed E-state index contributed by atoms with van der Waals surface area (Å²) in [4.78, 5) is 12.2. The van der Waals surface area contributed by atoms with Crippen molar-refractivity contribution in [1.82, 2.24) is 0 Å². The van der Waals surface area contributed by atoms with Crippen molar-refractivity contribution in [2.24, 2.45) is 5.41 Å². The first-order valence-electron chi connectivity index (χ1n) is 10.3. The number of quaternary nitrogens is 1. The number of likely N-dealkylation sites (tertiary alicyclic amines) is 1. The monoisotopic (exact) mass is 459 g/mol. The van der Waals surface area contributed by atoms with Crippen LogP contribution in [0.1, 0.15) is 85.8 Å². The first kappa shape index (κ1) is 34.5. The number of carbonyl (C=O) groups excluding carboxylic acids is 1. The molecule has 2 rings (SSSR count). The third-order valence-corrected chi connectivity index (χ3v) is 6.03. The first-order valence-corrected chi connectivity index (χ1v) is 10.3. The summed E-state index contributed by atoms with van der Waals surface area (Å²) >= 11 is 0. The van der Waals surface area contributed by atoms with Crippen molar-refractivity contribution < 1.29 is 31.2 Å². The van der Waals surface area contributed by atoms with E-state index in [2.05, 4.69) is 38.2 Å². The third-order valence-electron chi connectivity index (χ3n) is 6.03. The maximum atomic E-state index is 12.2. The molecule has 1 fully saturated rings. The molecule has 4 nitrogen and oxygen atoms in total. The van der Waals surface area contributed by atoms with E-state index >= 15 is 0 Å². The van der Waals surface area contributed by atoms with E-state index in [1.54, 1.807) is 7.11 Å². The number of nitrogens with zero attached hydrogens (tertiary/aromatic N) is 1. The molecule has 0 amide bonds. The molecular weight excluding hydrogens is 410 g/mol. The molecule has 1 aromatic carbocycles. The molecule has 0 aromatic heterocycles. The zero-order chi connectivity index (χ0) is 19.9. The van der Waals surface area contributed by atoms with Gasteiger partial charge in [0, 0.05) is 25.5 Å². The Morgan fingerprint density at radius 3 is 2.13 bits per heavy atom. The van der Waals surface area contributed by atoms with Gasteiger partial charge in [0.1, 0.15) is 13.2 Å². The lowest BCUT2D eigenvalue weighted by atomic mass is 9.83. The average Bonchev–Trinajstić information content (AvgIpc) is 3.06. The molecule has 0 saturated carbocycles. The van der Waals surface area contributed by atoms with Crippen molar-refractivity contribution in [2.75, 3.05) is 40.5 Å². The van der Waals surface area contributed by atoms with Gasteiger partial charge in [-0.05, 0) is 38.2 Å². The predicted octanol–water partition coefficient (Wildman–Crippen LogP) is 3.44. The van der Waals surface area contributed by atoms with Gasteiger partial charge in [0.2, 0.25) is 0 Å². The Balaban J connectivity index is -0.00000196. The summed E-state index contributed by atoms with van der Waals surface area (Å²) in [7, 11) is 3.98. The molecule has 1 unspecified atom stereocenters. The fourth-order valence-electron chi connectivity index (χ4n) is 3.91. The highest BCUT2D eigenvalue weighted by Gasteiger charge is 2.30. The third kappa shape index (κ3) is 10.9. The molecule has 0 bridgehead atoms. The molecule has 5 heteroatoms. The Bertz CT molecular complexity index is 595. The quantitative estimate of drug-likeness (QED) is 0.305. The fourth-order valence-corrected chi connectivity index (χ4v) is 3.91. The van der Waals surface area contributed by atoms with E-state index in [0.717, 1.165) is 19.4 Å². The standard InChI is InChI=1S/C23H38NO3.3CH4.ClH/c1-19(12-13-23(2,3)22(25)27-17-16-26-5)21-10-8-20(9-11-21)18-24(4)14-6-7-15-24;;;;/h8-11,19H,6-7,12-18H2,1-5H3;3*1H4;1H/q+1;;;;/p-1. The average molecular weight is 460 g/mol. The molecule has 31 heavy (non-hydrogen) atoms. The predicted molar refractivity (Wildman–Crippen MR) is 130 cm³/mol. The second-order valence-electron chi connectivity index (χ2n) is 9.13. The summed E-state index contributed by atoms with van der Waals surface area (Å²) < 4.78 is 11.4. The first-order chi connectivity index (χ1) is 12.8. The summed E-state index contributed by atoms with van der Waals surface area (Å²) in [5.74, 6) is 0.298. The van der Waals surface area contributed by atoms with Crippen LogP contribution in [0.5, 0.6) is 0 Å². The van der Waals surface area contributed by atoms with Crippen LogP contribution >= 0.6 is 0 Å². The SMILES string of the molecule is C.C.C.COCCOC(=O)C(C)(C)CCC(C)c1ccc(C[N+]2(C)CCCC2)cc1.[Cl-]. The molecule has 1 aliphatic rings. The second kappa shape index (κ2) is 15.7. The number of ether oxygens (including phenoxy) is 2. The number of halogens is 1. The summed E-state index contributed by atoms with van der Waals surface area (Å²) in [5.41, 5.74) is 2.32. The van der Waals surface area contributed by atoms with E-state index < -0.39 is 5.41 Å². The molecule has 0 spiro atoms. The number of hydrogen-bond donors (Lipinski definition) is 0. The zero-order valence-corrected chi connectivity index (χ0v) is 19.1. The van der Waals surface area contributed by atoms with Crippen LogP contribution in [0.25, 0.3) is 0 Å². The van der Waals surface area contributed by atoms with Crippen LogP contribution in [0.2, 0.25) is 0 Å². The Morgan fingerprint density at radius 2 is 1.61 bits per heavy atom. The number of methoxy groups -OCH3 is 1. The molecule has 1 saturated heterocycles. The Kier molecular flexibility index (Phi) is 17.4. The summed E-state index contributed by atoms with van der Waals surface area (Å²) in [6.07, 6.45) is 4.50. The molecule has 0 N–H and O–H groups in total. The number of esters is 1. The topological polar surface area (TPSA) is 35.5 Å². The van der Waals surface area contributed by atoms with Gasteiger partial charge in [-0.3, -0.25) is 4.79 Å². The molecule has 184 valence electrons. The van der Waals surface area contributed by atoms with E-state index in [-0.39, 0.29) is 40.7 Å². The van der Waals surface area contributed by atoms with E-state index in [4.69, 9.17) is 9.47 Å². The van der Waals surface area contributed by atoms with Gasteiger partial charge in [0.25, 0.3) is 0 Å². The van der Waals surface area contributed by atoms with Crippen molar-refractivity contribution in [3.05, 3.63) is 35.4 Å². The smallest absolute Gasteiger partial charge is 0.311 e. The fraction of sp³-hybridized carbons (Fsp3) is 0.731. The highest BCUT2D eigenvalue weighted by Crippen LogP contribution is 2.31. The van der Waals surface area contributed by atoms with Crippen LogP contribution in [-0.2, 0) is 20.8 Å². The number of rotatable bonds is 10.